The third-order valence-electron chi connectivity index (χ3n) is 7.21. The van der Waals surface area contributed by atoms with Crippen molar-refractivity contribution in [2.75, 3.05) is 49.7 Å². The van der Waals surface area contributed by atoms with Crippen LogP contribution in [-0.2, 0) is 4.74 Å². The number of carbonyl (C=O) groups is 2. The highest BCUT2D eigenvalue weighted by atomic mass is 35.5. The number of anilines is 3. The molecule has 0 bridgehead atoms. The Morgan fingerprint density at radius 2 is 1.78 bits per heavy atom. The van der Waals surface area contributed by atoms with E-state index in [-0.39, 0.29) is 45.6 Å². The highest BCUT2D eigenvalue weighted by Crippen LogP contribution is 2.32. The summed E-state index contributed by atoms with van der Waals surface area (Å²) in [6.07, 6.45) is 2.64. The lowest BCUT2D eigenvalue weighted by atomic mass is 9.96. The lowest BCUT2D eigenvalue weighted by molar-refractivity contribution is 0.0434. The molecule has 4 rings (SSSR count). The van der Waals surface area contributed by atoms with Crippen molar-refractivity contribution in [2.45, 2.75) is 51.2 Å². The molecular weight excluding hydrogens is 519 g/mol. The summed E-state index contributed by atoms with van der Waals surface area (Å²) in [6, 6.07) is 3.88. The molecule has 0 spiro atoms. The van der Waals surface area contributed by atoms with Gasteiger partial charge in [-0.3, -0.25) is 9.69 Å². The summed E-state index contributed by atoms with van der Waals surface area (Å²) in [6.45, 7) is 7.02. The SMILES string of the molecule is CC[C@H]1CN(c2nc(N)c(C(=O)OC)nc2Cl)[C@H](C)CN1C1CCN(C(=O)c2ccc(Cl)nc2N)CC1. The van der Waals surface area contributed by atoms with Crippen molar-refractivity contribution in [3.8, 4) is 0 Å². The molecule has 2 aliphatic rings. The number of nitrogens with two attached hydrogens (primary N) is 2. The number of methoxy groups -OCH3 is 1. The number of nitrogen functional groups attached to an aromatic ring is 2. The molecule has 0 radical (unpaired) electrons. The first-order valence-electron chi connectivity index (χ1n) is 12.3. The molecule has 0 aromatic carbocycles. The Kier molecular flexibility index (Phi) is 8.25. The van der Waals surface area contributed by atoms with Crippen LogP contribution >= 0.6 is 23.2 Å². The van der Waals surface area contributed by atoms with Gasteiger partial charge in [-0.25, -0.2) is 19.7 Å². The largest absolute Gasteiger partial charge is 0.464 e. The van der Waals surface area contributed by atoms with Gasteiger partial charge in [0.05, 0.1) is 12.7 Å². The molecule has 4 heterocycles. The van der Waals surface area contributed by atoms with Gasteiger partial charge in [0, 0.05) is 44.3 Å². The number of amides is 1. The number of pyridine rings is 1. The van der Waals surface area contributed by atoms with Gasteiger partial charge in [-0.15, -0.1) is 0 Å². The topological polar surface area (TPSA) is 144 Å². The van der Waals surface area contributed by atoms with Crippen molar-refractivity contribution in [3.05, 3.63) is 33.7 Å². The molecule has 0 saturated carbocycles. The van der Waals surface area contributed by atoms with E-state index in [0.29, 0.717) is 37.1 Å². The van der Waals surface area contributed by atoms with Gasteiger partial charge < -0.3 is 26.0 Å². The third-order valence-corrected chi connectivity index (χ3v) is 7.67. The minimum Gasteiger partial charge on any atom is -0.464 e. The van der Waals surface area contributed by atoms with Crippen molar-refractivity contribution < 1.29 is 14.3 Å². The smallest absolute Gasteiger partial charge is 0.360 e. The molecular formula is C24H32Cl2N8O3. The zero-order valence-electron chi connectivity index (χ0n) is 21.2. The Bertz CT molecular complexity index is 1170. The highest BCUT2D eigenvalue weighted by Gasteiger charge is 2.38. The van der Waals surface area contributed by atoms with Crippen LogP contribution < -0.4 is 16.4 Å². The number of ether oxygens (including phenoxy) is 1. The molecule has 37 heavy (non-hydrogen) atoms. The quantitative estimate of drug-likeness (QED) is 0.421. The number of hydrogen-bond donors (Lipinski definition) is 2. The van der Waals surface area contributed by atoms with Crippen molar-refractivity contribution in [3.63, 3.8) is 0 Å². The summed E-state index contributed by atoms with van der Waals surface area (Å²) in [5.41, 5.74) is 12.2. The number of halogens is 2. The van der Waals surface area contributed by atoms with E-state index in [1.807, 2.05) is 4.90 Å². The van der Waals surface area contributed by atoms with E-state index in [9.17, 15) is 9.59 Å². The number of aromatic nitrogens is 3. The first-order valence-corrected chi connectivity index (χ1v) is 13.0. The molecule has 200 valence electrons. The monoisotopic (exact) mass is 550 g/mol. The van der Waals surface area contributed by atoms with Crippen LogP contribution in [0.1, 0.15) is 54.0 Å². The zero-order valence-corrected chi connectivity index (χ0v) is 22.7. The van der Waals surface area contributed by atoms with Crippen molar-refractivity contribution in [1.82, 2.24) is 24.8 Å². The van der Waals surface area contributed by atoms with Crippen LogP contribution in [0.15, 0.2) is 12.1 Å². The predicted octanol–water partition coefficient (Wildman–Crippen LogP) is 2.72. The lowest BCUT2D eigenvalue weighted by Gasteiger charge is -2.50. The van der Waals surface area contributed by atoms with E-state index < -0.39 is 5.97 Å². The van der Waals surface area contributed by atoms with Gasteiger partial charge in [0.15, 0.2) is 22.5 Å². The molecule has 11 nitrogen and oxygen atoms in total. The fourth-order valence-corrected chi connectivity index (χ4v) is 5.61. The number of carbonyl (C=O) groups excluding carboxylic acids is 2. The van der Waals surface area contributed by atoms with Crippen LogP contribution in [0.3, 0.4) is 0 Å². The molecule has 2 saturated heterocycles. The van der Waals surface area contributed by atoms with Gasteiger partial charge in [-0.1, -0.05) is 30.1 Å². The molecule has 0 aliphatic carbocycles. The molecule has 2 aromatic rings. The number of esters is 1. The Labute approximate surface area is 226 Å². The summed E-state index contributed by atoms with van der Waals surface area (Å²) in [5, 5.41) is 0.383. The van der Waals surface area contributed by atoms with Gasteiger partial charge >= 0.3 is 5.97 Å². The minimum atomic E-state index is -0.678. The van der Waals surface area contributed by atoms with E-state index in [1.165, 1.54) is 7.11 Å². The van der Waals surface area contributed by atoms with Gasteiger partial charge in [-0.2, -0.15) is 0 Å². The van der Waals surface area contributed by atoms with Crippen molar-refractivity contribution in [2.24, 2.45) is 0 Å². The molecule has 2 aromatic heterocycles. The Morgan fingerprint density at radius 1 is 1.08 bits per heavy atom. The number of piperidine rings is 1. The summed E-state index contributed by atoms with van der Waals surface area (Å²) in [4.78, 5) is 44.0. The second-order valence-electron chi connectivity index (χ2n) is 9.41. The minimum absolute atomic E-state index is 0.0116. The normalized spacial score (nSPS) is 21.2. The van der Waals surface area contributed by atoms with Gasteiger partial charge in [0.25, 0.3) is 5.91 Å². The summed E-state index contributed by atoms with van der Waals surface area (Å²) < 4.78 is 4.71. The Balaban J connectivity index is 1.44. The fraction of sp³-hybridized carbons (Fsp3) is 0.542. The summed E-state index contributed by atoms with van der Waals surface area (Å²) in [7, 11) is 1.25. The maximum Gasteiger partial charge on any atom is 0.360 e. The molecule has 2 aliphatic heterocycles. The van der Waals surface area contributed by atoms with Gasteiger partial charge in [-0.05, 0) is 38.3 Å². The maximum absolute atomic E-state index is 13.0. The Hall–Kier alpha value is -2.89. The van der Waals surface area contributed by atoms with Crippen LogP contribution in [0.5, 0.6) is 0 Å². The zero-order chi connectivity index (χ0) is 26.9. The van der Waals surface area contributed by atoms with Crippen LogP contribution in [-0.4, -0.2) is 88.0 Å². The maximum atomic E-state index is 13.0. The van der Waals surface area contributed by atoms with E-state index in [1.54, 1.807) is 12.1 Å². The van der Waals surface area contributed by atoms with Crippen LogP contribution in [0.25, 0.3) is 0 Å². The van der Waals surface area contributed by atoms with E-state index in [2.05, 4.69) is 38.6 Å². The van der Waals surface area contributed by atoms with Gasteiger partial charge in [0.2, 0.25) is 0 Å². The van der Waals surface area contributed by atoms with Crippen molar-refractivity contribution in [1.29, 1.82) is 0 Å². The average molecular weight is 551 g/mol. The summed E-state index contributed by atoms with van der Waals surface area (Å²) in [5.74, 6) is -0.193. The first-order chi connectivity index (χ1) is 17.6. The van der Waals surface area contributed by atoms with Crippen molar-refractivity contribution >= 4 is 52.5 Å². The highest BCUT2D eigenvalue weighted by molar-refractivity contribution is 6.32. The molecule has 2 fully saturated rings. The molecule has 4 N–H and O–H groups in total. The molecule has 0 unspecified atom stereocenters. The second-order valence-corrected chi connectivity index (χ2v) is 10.2. The van der Waals surface area contributed by atoms with E-state index >= 15 is 0 Å². The van der Waals surface area contributed by atoms with Crippen LogP contribution in [0.4, 0.5) is 17.5 Å². The second kappa shape index (κ2) is 11.2. The third kappa shape index (κ3) is 5.53. The standard InChI is InChI=1S/C24H32Cl2N8O3/c1-4-14-12-33(22-19(26)30-18(21(28)31-22)24(36)37-3)13(2)11-34(14)15-7-9-32(10-8-15)23(35)16-5-6-17(25)29-20(16)27/h5-6,13-15H,4,7-12H2,1-3H3,(H2,27,29)(H2,28,31)/t13-,14+/m1/s1. The fourth-order valence-electron chi connectivity index (χ4n) is 5.22. The molecule has 2 atom stereocenters. The lowest BCUT2D eigenvalue weighted by Crippen LogP contribution is -2.62. The number of nitrogens with zero attached hydrogens (tertiary/aromatic N) is 6. The molecule has 1 amide bonds. The molecule has 13 heteroatoms. The van der Waals surface area contributed by atoms with E-state index in [4.69, 9.17) is 39.4 Å². The average Bonchev–Trinajstić information content (AvgIpc) is 2.89. The summed E-state index contributed by atoms with van der Waals surface area (Å²) >= 11 is 12.3. The van der Waals surface area contributed by atoms with Gasteiger partial charge in [0.1, 0.15) is 11.0 Å². The number of rotatable bonds is 5. The van der Waals surface area contributed by atoms with Crippen LogP contribution in [0.2, 0.25) is 10.3 Å². The number of likely N-dealkylation sites (tertiary alicyclic amines) is 1. The van der Waals surface area contributed by atoms with Crippen LogP contribution in [0, 0.1) is 0 Å². The number of hydrogen-bond acceptors (Lipinski definition) is 10. The predicted molar refractivity (Wildman–Crippen MR) is 143 cm³/mol. The van der Waals surface area contributed by atoms with E-state index in [0.717, 1.165) is 25.8 Å². The number of piperazine rings is 1. The Morgan fingerprint density at radius 3 is 2.41 bits per heavy atom. The first kappa shape index (κ1) is 27.2.